The third-order valence-electron chi connectivity index (χ3n) is 3.60. The summed E-state index contributed by atoms with van der Waals surface area (Å²) >= 11 is 3.28. The third kappa shape index (κ3) is 4.36. The van der Waals surface area contributed by atoms with E-state index in [1.165, 1.54) is 12.1 Å². The van der Waals surface area contributed by atoms with Crippen molar-refractivity contribution >= 4 is 44.6 Å². The van der Waals surface area contributed by atoms with Crippen LogP contribution >= 0.6 is 15.9 Å². The first-order valence-corrected chi connectivity index (χ1v) is 8.50. The van der Waals surface area contributed by atoms with E-state index in [9.17, 15) is 23.3 Å². The lowest BCUT2D eigenvalue weighted by atomic mass is 10.1. The first-order chi connectivity index (χ1) is 13.3. The second kappa shape index (κ2) is 7.80. The summed E-state index contributed by atoms with van der Waals surface area (Å²) in [5.41, 5.74) is -1.40. The molecule has 0 aliphatic heterocycles. The molecule has 1 heterocycles. The minimum atomic E-state index is -4.64. The lowest BCUT2D eigenvalue weighted by molar-refractivity contribution is -0.383. The van der Waals surface area contributed by atoms with Gasteiger partial charge in [-0.25, -0.2) is 9.97 Å². The van der Waals surface area contributed by atoms with Crippen molar-refractivity contribution in [3.63, 3.8) is 0 Å². The number of nitrogens with zero attached hydrogens (tertiary/aromatic N) is 3. The number of nitro groups is 1. The van der Waals surface area contributed by atoms with Gasteiger partial charge in [-0.2, -0.15) is 13.2 Å². The van der Waals surface area contributed by atoms with Gasteiger partial charge < -0.3 is 10.6 Å². The summed E-state index contributed by atoms with van der Waals surface area (Å²) in [4.78, 5) is 18.4. The summed E-state index contributed by atoms with van der Waals surface area (Å²) in [6.45, 7) is 0. The zero-order chi connectivity index (χ0) is 20.3. The average Bonchev–Trinajstić information content (AvgIpc) is 2.63. The highest BCUT2D eigenvalue weighted by molar-refractivity contribution is 9.10. The second-order valence-corrected chi connectivity index (χ2v) is 6.39. The Morgan fingerprint density at radius 1 is 0.964 bits per heavy atom. The fourth-order valence-corrected chi connectivity index (χ4v) is 2.64. The molecule has 0 unspecified atom stereocenters. The number of nitrogens with one attached hydrogen (secondary N) is 2. The van der Waals surface area contributed by atoms with Gasteiger partial charge in [0.1, 0.15) is 6.33 Å². The molecule has 7 nitrogen and oxygen atoms in total. The predicted octanol–water partition coefficient (Wildman–Crippen LogP) is 5.65. The zero-order valence-corrected chi connectivity index (χ0v) is 15.5. The average molecular weight is 454 g/mol. The molecule has 0 bridgehead atoms. The van der Waals surface area contributed by atoms with E-state index in [2.05, 4.69) is 36.5 Å². The quantitative estimate of drug-likeness (QED) is 0.382. The third-order valence-corrected chi connectivity index (χ3v) is 4.13. The lowest BCUT2D eigenvalue weighted by Crippen LogP contribution is -2.10. The smallest absolute Gasteiger partial charge is 0.334 e. The van der Waals surface area contributed by atoms with Crippen LogP contribution in [0, 0.1) is 10.1 Å². The van der Waals surface area contributed by atoms with Crippen molar-refractivity contribution in [3.8, 4) is 0 Å². The van der Waals surface area contributed by atoms with Crippen LogP contribution in [0.15, 0.2) is 59.3 Å². The molecule has 2 N–H and O–H groups in total. The molecule has 0 amide bonds. The van der Waals surface area contributed by atoms with Crippen LogP contribution in [-0.2, 0) is 6.18 Å². The van der Waals surface area contributed by atoms with Crippen LogP contribution < -0.4 is 10.6 Å². The fraction of sp³-hybridized carbons (Fsp3) is 0.0588. The number of alkyl halides is 3. The molecule has 1 aromatic heterocycles. The van der Waals surface area contributed by atoms with Gasteiger partial charge in [0.15, 0.2) is 0 Å². The van der Waals surface area contributed by atoms with Crippen LogP contribution in [0.3, 0.4) is 0 Å². The molecule has 0 radical (unpaired) electrons. The molecular weight excluding hydrogens is 443 g/mol. The molecule has 0 atom stereocenters. The van der Waals surface area contributed by atoms with Crippen molar-refractivity contribution < 1.29 is 18.1 Å². The Morgan fingerprint density at radius 2 is 1.57 bits per heavy atom. The highest BCUT2D eigenvalue weighted by Gasteiger charge is 2.34. The number of hydrogen-bond donors (Lipinski definition) is 2. The van der Waals surface area contributed by atoms with Crippen LogP contribution in [0.5, 0.6) is 0 Å². The van der Waals surface area contributed by atoms with Gasteiger partial charge in [0.25, 0.3) is 0 Å². The maximum atomic E-state index is 13.2. The predicted molar refractivity (Wildman–Crippen MR) is 101 cm³/mol. The summed E-state index contributed by atoms with van der Waals surface area (Å²) in [5.74, 6) is -0.523. The highest BCUT2D eigenvalue weighted by Crippen LogP contribution is 2.38. The zero-order valence-electron chi connectivity index (χ0n) is 13.9. The van der Waals surface area contributed by atoms with Crippen molar-refractivity contribution in [2.24, 2.45) is 0 Å². The molecule has 0 saturated heterocycles. The molecule has 0 saturated carbocycles. The summed E-state index contributed by atoms with van der Waals surface area (Å²) in [6.07, 6.45) is -3.61. The number of halogens is 4. The Balaban J connectivity index is 2.01. The second-order valence-electron chi connectivity index (χ2n) is 5.48. The van der Waals surface area contributed by atoms with Gasteiger partial charge in [0.2, 0.25) is 11.6 Å². The Hall–Kier alpha value is -3.21. The summed E-state index contributed by atoms with van der Waals surface area (Å²) in [7, 11) is 0. The van der Waals surface area contributed by atoms with E-state index in [-0.39, 0.29) is 17.3 Å². The van der Waals surface area contributed by atoms with Gasteiger partial charge in [-0.15, -0.1) is 0 Å². The van der Waals surface area contributed by atoms with Crippen molar-refractivity contribution in [1.82, 2.24) is 9.97 Å². The van der Waals surface area contributed by atoms with E-state index in [0.29, 0.717) is 5.69 Å². The van der Waals surface area contributed by atoms with Gasteiger partial charge in [-0.1, -0.05) is 28.1 Å². The normalized spacial score (nSPS) is 11.1. The van der Waals surface area contributed by atoms with Crippen LogP contribution in [-0.4, -0.2) is 14.9 Å². The van der Waals surface area contributed by atoms with Crippen molar-refractivity contribution in [1.29, 1.82) is 0 Å². The van der Waals surface area contributed by atoms with Crippen molar-refractivity contribution in [2.45, 2.75) is 6.18 Å². The first kappa shape index (κ1) is 19.5. The summed E-state index contributed by atoms with van der Waals surface area (Å²) < 4.78 is 40.4. The highest BCUT2D eigenvalue weighted by atomic mass is 79.9. The fourth-order valence-electron chi connectivity index (χ4n) is 2.37. The molecule has 0 aliphatic carbocycles. The van der Waals surface area contributed by atoms with E-state index >= 15 is 0 Å². The van der Waals surface area contributed by atoms with Crippen molar-refractivity contribution in [3.05, 3.63) is 75.0 Å². The number of hydrogen-bond acceptors (Lipinski definition) is 6. The standard InChI is InChI=1S/C17H11BrF3N5O2/c18-10-5-7-11(8-6-10)24-15-14(26(27)28)16(23-9-22-15)25-13-4-2-1-3-12(13)17(19,20)21/h1-9H,(H2,22,23,24,25). The van der Waals surface area contributed by atoms with Gasteiger partial charge >= 0.3 is 11.9 Å². The van der Waals surface area contributed by atoms with E-state index in [1.54, 1.807) is 24.3 Å². The van der Waals surface area contributed by atoms with Gasteiger partial charge in [0.05, 0.1) is 16.2 Å². The number of aromatic nitrogens is 2. The van der Waals surface area contributed by atoms with Gasteiger partial charge in [-0.3, -0.25) is 10.1 Å². The van der Waals surface area contributed by atoms with E-state index < -0.39 is 22.4 Å². The van der Waals surface area contributed by atoms with E-state index in [4.69, 9.17) is 0 Å². The Bertz CT molecular complexity index is 1010. The van der Waals surface area contributed by atoms with Crippen molar-refractivity contribution in [2.75, 3.05) is 10.6 Å². The van der Waals surface area contributed by atoms with E-state index in [1.807, 2.05) is 0 Å². The minimum absolute atomic E-state index is 0.158. The van der Waals surface area contributed by atoms with Gasteiger partial charge in [0, 0.05) is 10.2 Å². The van der Waals surface area contributed by atoms with Crippen LogP contribution in [0.1, 0.15) is 5.56 Å². The number of rotatable bonds is 5. The molecule has 0 spiro atoms. The first-order valence-electron chi connectivity index (χ1n) is 7.71. The molecule has 0 aliphatic rings. The van der Waals surface area contributed by atoms with Crippen LogP contribution in [0.4, 0.5) is 41.9 Å². The largest absolute Gasteiger partial charge is 0.418 e. The summed E-state index contributed by atoms with van der Waals surface area (Å²) in [6, 6.07) is 11.4. The number of benzene rings is 2. The Kier molecular flexibility index (Phi) is 5.45. The molecule has 144 valence electrons. The monoisotopic (exact) mass is 453 g/mol. The van der Waals surface area contributed by atoms with Gasteiger partial charge in [-0.05, 0) is 36.4 Å². The van der Waals surface area contributed by atoms with Crippen LogP contribution in [0.25, 0.3) is 0 Å². The molecule has 3 rings (SSSR count). The maximum absolute atomic E-state index is 13.2. The molecule has 2 aromatic carbocycles. The Labute approximate surface area is 164 Å². The SMILES string of the molecule is O=[N+]([O-])c1c(Nc2ccc(Br)cc2)ncnc1Nc1ccccc1C(F)(F)F. The van der Waals surface area contributed by atoms with E-state index in [0.717, 1.165) is 22.9 Å². The topological polar surface area (TPSA) is 93.0 Å². The molecular formula is C17H11BrF3N5O2. The number of para-hydroxylation sites is 1. The molecule has 3 aromatic rings. The Morgan fingerprint density at radius 3 is 2.18 bits per heavy atom. The molecule has 28 heavy (non-hydrogen) atoms. The maximum Gasteiger partial charge on any atom is 0.418 e. The lowest BCUT2D eigenvalue weighted by Gasteiger charge is -2.14. The number of anilines is 4. The summed E-state index contributed by atoms with van der Waals surface area (Å²) in [5, 5.41) is 16.8. The molecule has 11 heteroatoms. The molecule has 0 fully saturated rings. The minimum Gasteiger partial charge on any atom is -0.334 e. The van der Waals surface area contributed by atoms with Crippen LogP contribution in [0.2, 0.25) is 0 Å².